The Hall–Kier alpha value is -0.0500. The number of anilines is 1. The van der Waals surface area contributed by atoms with E-state index in [2.05, 4.69) is 10.3 Å². The maximum Gasteiger partial charge on any atom is 0.308 e. The van der Waals surface area contributed by atoms with Crippen molar-refractivity contribution in [3.63, 3.8) is 0 Å². The van der Waals surface area contributed by atoms with Gasteiger partial charge in [-0.25, -0.2) is 9.71 Å². The number of nitrogens with one attached hydrogen (secondary N) is 2. The maximum atomic E-state index is 13.1. The summed E-state index contributed by atoms with van der Waals surface area (Å²) < 4.78 is 18.6. The van der Waals surface area contributed by atoms with E-state index in [9.17, 15) is 4.39 Å². The minimum atomic E-state index is -0.412. The number of thioether (sulfide) groups is 1. The average Bonchev–Trinajstić information content (AvgIpc) is 2.92. The predicted molar refractivity (Wildman–Crippen MR) is 78.4 cm³/mol. The third-order valence-electron chi connectivity index (χ3n) is 2.90. The molecular formula is C13H17ClFIN2OS. The van der Waals surface area contributed by atoms with Crippen molar-refractivity contribution in [3.8, 4) is 0 Å². The summed E-state index contributed by atoms with van der Waals surface area (Å²) in [6.07, 6.45) is 4.47. The Kier molecular flexibility index (Phi) is 8.16. The van der Waals surface area contributed by atoms with Crippen LogP contribution < -0.4 is 34.3 Å². The standard InChI is InChI=1S/C13H16ClFN2OS.HI/c1-19-13(16-8-10-3-2-6-18-10)17-9-4-5-12(15)11(14)7-9;/h4-5,7,10H,2-3,6,8H2,1H3,(H,16,17);1H. The number of benzene rings is 1. The second-order valence-electron chi connectivity index (χ2n) is 4.30. The summed E-state index contributed by atoms with van der Waals surface area (Å²) >= 11 is 7.31. The predicted octanol–water partition coefficient (Wildman–Crippen LogP) is -1.13. The van der Waals surface area contributed by atoms with Crippen molar-refractivity contribution in [2.75, 3.05) is 24.7 Å². The Morgan fingerprint density at radius 1 is 1.60 bits per heavy atom. The lowest BCUT2D eigenvalue weighted by Gasteiger charge is -2.05. The number of halogens is 3. The van der Waals surface area contributed by atoms with Crippen molar-refractivity contribution in [2.24, 2.45) is 0 Å². The fourth-order valence-electron chi connectivity index (χ4n) is 1.88. The molecule has 1 heterocycles. The van der Waals surface area contributed by atoms with E-state index in [1.54, 1.807) is 23.9 Å². The van der Waals surface area contributed by atoms with Crippen LogP contribution in [0.2, 0.25) is 5.02 Å². The van der Waals surface area contributed by atoms with Gasteiger partial charge in [0.2, 0.25) is 0 Å². The minimum absolute atomic E-state index is 0. The summed E-state index contributed by atoms with van der Waals surface area (Å²) in [5.74, 6) is -0.412. The van der Waals surface area contributed by atoms with Gasteiger partial charge in [0.15, 0.2) is 0 Å². The van der Waals surface area contributed by atoms with Gasteiger partial charge in [-0.2, -0.15) is 0 Å². The molecule has 1 atom stereocenters. The van der Waals surface area contributed by atoms with Crippen LogP contribution in [0.5, 0.6) is 0 Å². The molecule has 1 aromatic carbocycles. The van der Waals surface area contributed by atoms with Crippen molar-refractivity contribution in [1.82, 2.24) is 0 Å². The quantitative estimate of drug-likeness (QED) is 0.362. The van der Waals surface area contributed by atoms with E-state index in [-0.39, 0.29) is 35.1 Å². The van der Waals surface area contributed by atoms with E-state index in [0.717, 1.165) is 36.8 Å². The molecular weight excluding hydrogens is 414 g/mol. The first-order chi connectivity index (χ1) is 9.19. The number of hydrogen-bond acceptors (Lipinski definition) is 2. The van der Waals surface area contributed by atoms with E-state index >= 15 is 0 Å². The number of amidine groups is 1. The molecule has 112 valence electrons. The molecule has 0 bridgehead atoms. The highest BCUT2D eigenvalue weighted by atomic mass is 127. The largest absolute Gasteiger partial charge is 1.00 e. The zero-order valence-electron chi connectivity index (χ0n) is 11.1. The van der Waals surface area contributed by atoms with Crippen LogP contribution in [-0.2, 0) is 4.74 Å². The Balaban J connectivity index is 0.00000200. The van der Waals surface area contributed by atoms with Gasteiger partial charge in [-0.15, -0.1) is 0 Å². The smallest absolute Gasteiger partial charge is 0.308 e. The van der Waals surface area contributed by atoms with Gasteiger partial charge < -0.3 is 28.7 Å². The second kappa shape index (κ2) is 9.07. The first kappa shape index (κ1) is 18.0. The van der Waals surface area contributed by atoms with Gasteiger partial charge in [0.1, 0.15) is 18.0 Å². The molecule has 0 radical (unpaired) electrons. The molecule has 1 fully saturated rings. The zero-order chi connectivity index (χ0) is 13.7. The number of ether oxygens (including phenoxy) is 1. The molecule has 1 unspecified atom stereocenters. The average molecular weight is 431 g/mol. The summed E-state index contributed by atoms with van der Waals surface area (Å²) in [5, 5.41) is 4.20. The van der Waals surface area contributed by atoms with Gasteiger partial charge in [0.05, 0.1) is 11.1 Å². The van der Waals surface area contributed by atoms with Crippen LogP contribution in [-0.4, -0.2) is 30.7 Å². The summed E-state index contributed by atoms with van der Waals surface area (Å²) in [7, 11) is 0. The van der Waals surface area contributed by atoms with Gasteiger partial charge in [0, 0.05) is 12.7 Å². The monoisotopic (exact) mass is 430 g/mol. The van der Waals surface area contributed by atoms with Gasteiger partial charge in [-0.3, -0.25) is 4.99 Å². The SMILES string of the molecule is CSC(Nc1ccc(F)c(Cl)c1)=[NH+]CC1CCCO1.[I-]. The Morgan fingerprint density at radius 2 is 2.40 bits per heavy atom. The second-order valence-corrected chi connectivity index (χ2v) is 5.53. The molecule has 1 saturated heterocycles. The molecule has 0 aromatic heterocycles. The molecule has 0 aliphatic carbocycles. The molecule has 7 heteroatoms. The zero-order valence-corrected chi connectivity index (χ0v) is 14.8. The molecule has 2 rings (SSSR count). The van der Waals surface area contributed by atoms with Crippen molar-refractivity contribution < 1.29 is 38.1 Å². The summed E-state index contributed by atoms with van der Waals surface area (Å²) in [6, 6.07) is 4.58. The highest BCUT2D eigenvalue weighted by Crippen LogP contribution is 2.19. The molecule has 0 saturated carbocycles. The fraction of sp³-hybridized carbons (Fsp3) is 0.462. The van der Waals surface area contributed by atoms with E-state index in [4.69, 9.17) is 16.3 Å². The Morgan fingerprint density at radius 3 is 3.00 bits per heavy atom. The van der Waals surface area contributed by atoms with Crippen molar-refractivity contribution in [3.05, 3.63) is 29.0 Å². The van der Waals surface area contributed by atoms with Gasteiger partial charge in [-0.05, 0) is 43.0 Å². The third-order valence-corrected chi connectivity index (χ3v) is 3.84. The van der Waals surface area contributed by atoms with Crippen LogP contribution in [0.1, 0.15) is 12.8 Å². The van der Waals surface area contributed by atoms with Crippen LogP contribution in [0.3, 0.4) is 0 Å². The van der Waals surface area contributed by atoms with Crippen LogP contribution in [0.15, 0.2) is 18.2 Å². The van der Waals surface area contributed by atoms with E-state index in [1.165, 1.54) is 6.07 Å². The highest BCUT2D eigenvalue weighted by Gasteiger charge is 2.17. The van der Waals surface area contributed by atoms with E-state index in [1.807, 2.05) is 6.26 Å². The first-order valence-corrected chi connectivity index (χ1v) is 7.78. The van der Waals surface area contributed by atoms with Crippen LogP contribution >= 0.6 is 23.4 Å². The molecule has 0 spiro atoms. The topological polar surface area (TPSA) is 35.2 Å². The normalized spacial score (nSPS) is 18.8. The lowest BCUT2D eigenvalue weighted by molar-refractivity contribution is -0.465. The molecule has 3 nitrogen and oxygen atoms in total. The summed E-state index contributed by atoms with van der Waals surface area (Å²) in [5.41, 5.74) is 0.760. The molecule has 1 aliphatic heterocycles. The number of rotatable bonds is 3. The molecule has 1 aromatic rings. The van der Waals surface area contributed by atoms with E-state index in [0.29, 0.717) is 0 Å². The summed E-state index contributed by atoms with van der Waals surface area (Å²) in [6.45, 7) is 1.63. The molecule has 2 N–H and O–H groups in total. The van der Waals surface area contributed by atoms with Gasteiger partial charge in [0.25, 0.3) is 0 Å². The molecule has 0 amide bonds. The Bertz CT molecular complexity index is 470. The minimum Gasteiger partial charge on any atom is -1.00 e. The van der Waals surface area contributed by atoms with Crippen LogP contribution in [0.4, 0.5) is 10.1 Å². The Labute approximate surface area is 144 Å². The lowest BCUT2D eigenvalue weighted by atomic mass is 10.2. The van der Waals surface area contributed by atoms with Gasteiger partial charge in [-0.1, -0.05) is 11.6 Å². The van der Waals surface area contributed by atoms with Crippen molar-refractivity contribution in [1.29, 1.82) is 0 Å². The highest BCUT2D eigenvalue weighted by molar-refractivity contribution is 8.13. The maximum absolute atomic E-state index is 13.1. The van der Waals surface area contributed by atoms with Crippen LogP contribution in [0.25, 0.3) is 0 Å². The van der Waals surface area contributed by atoms with Crippen molar-refractivity contribution >= 4 is 34.2 Å². The lowest BCUT2D eigenvalue weighted by Crippen LogP contribution is -3.00. The number of hydrogen-bond donors (Lipinski definition) is 2. The molecule has 20 heavy (non-hydrogen) atoms. The van der Waals surface area contributed by atoms with E-state index < -0.39 is 5.82 Å². The van der Waals surface area contributed by atoms with Crippen LogP contribution in [0, 0.1) is 5.82 Å². The fourth-order valence-corrected chi connectivity index (χ4v) is 2.51. The first-order valence-electron chi connectivity index (χ1n) is 6.17. The summed E-state index contributed by atoms with van der Waals surface area (Å²) in [4.78, 5) is 3.30. The third kappa shape index (κ3) is 5.38. The van der Waals surface area contributed by atoms with Crippen molar-refractivity contribution in [2.45, 2.75) is 18.9 Å². The van der Waals surface area contributed by atoms with Gasteiger partial charge >= 0.3 is 5.17 Å². The molecule has 1 aliphatic rings.